The Labute approximate surface area is 95.4 Å². The molecule has 84 valence electrons. The molecule has 2 aliphatic heterocycles. The Morgan fingerprint density at radius 3 is 3.19 bits per heavy atom. The first-order valence-electron chi connectivity index (χ1n) is 5.91. The van der Waals surface area contributed by atoms with Gasteiger partial charge < -0.3 is 10.2 Å². The summed E-state index contributed by atoms with van der Waals surface area (Å²) in [6.07, 6.45) is 2.97. The third-order valence-electron chi connectivity index (χ3n) is 3.53. The summed E-state index contributed by atoms with van der Waals surface area (Å²) in [5.41, 5.74) is 3.42. The second-order valence-corrected chi connectivity index (χ2v) is 4.76. The van der Waals surface area contributed by atoms with Gasteiger partial charge in [0, 0.05) is 19.0 Å². The highest BCUT2D eigenvalue weighted by Gasteiger charge is 2.31. The van der Waals surface area contributed by atoms with Gasteiger partial charge in [-0.1, -0.05) is 6.07 Å². The van der Waals surface area contributed by atoms with Gasteiger partial charge in [-0.3, -0.25) is 4.79 Å². The van der Waals surface area contributed by atoms with Gasteiger partial charge in [-0.25, -0.2) is 0 Å². The van der Waals surface area contributed by atoms with Crippen molar-refractivity contribution in [3.05, 3.63) is 23.8 Å². The number of aryl methyl sites for hydroxylation is 1. The van der Waals surface area contributed by atoms with E-state index >= 15 is 0 Å². The largest absolute Gasteiger partial charge is 0.366 e. The molecule has 3 rings (SSSR count). The molecule has 1 unspecified atom stereocenters. The molecule has 16 heavy (non-hydrogen) atoms. The number of benzene rings is 1. The number of hydrogen-bond acceptors (Lipinski definition) is 2. The van der Waals surface area contributed by atoms with Gasteiger partial charge in [0.2, 0.25) is 5.91 Å². The summed E-state index contributed by atoms with van der Waals surface area (Å²) in [6, 6.07) is 6.65. The molecule has 0 aromatic heterocycles. The standard InChI is InChI=1S/C13H16N2O/c1-9-4-5-11-12(7-9)15-6-2-3-10(15)8-13(16)14-11/h4-5,7,10H,2-3,6,8H2,1H3,(H,14,16). The van der Waals surface area contributed by atoms with Gasteiger partial charge in [0.25, 0.3) is 0 Å². The highest BCUT2D eigenvalue weighted by molar-refractivity contribution is 5.97. The van der Waals surface area contributed by atoms with E-state index in [1.165, 1.54) is 17.7 Å². The summed E-state index contributed by atoms with van der Waals surface area (Å²) >= 11 is 0. The predicted molar refractivity (Wildman–Crippen MR) is 64.8 cm³/mol. The zero-order valence-electron chi connectivity index (χ0n) is 9.49. The van der Waals surface area contributed by atoms with Crippen LogP contribution < -0.4 is 10.2 Å². The third kappa shape index (κ3) is 1.47. The molecular formula is C13H16N2O. The molecule has 0 bridgehead atoms. The number of nitrogens with zero attached hydrogens (tertiary/aromatic N) is 1. The number of hydrogen-bond donors (Lipinski definition) is 1. The molecular weight excluding hydrogens is 200 g/mol. The van der Waals surface area contributed by atoms with Crippen molar-refractivity contribution in [1.82, 2.24) is 0 Å². The van der Waals surface area contributed by atoms with Gasteiger partial charge in [-0.05, 0) is 37.5 Å². The Bertz CT molecular complexity index is 442. The zero-order valence-corrected chi connectivity index (χ0v) is 9.49. The first-order chi connectivity index (χ1) is 7.74. The highest BCUT2D eigenvalue weighted by atomic mass is 16.1. The fourth-order valence-electron chi connectivity index (χ4n) is 2.77. The minimum Gasteiger partial charge on any atom is -0.366 e. The first-order valence-corrected chi connectivity index (χ1v) is 5.91. The topological polar surface area (TPSA) is 32.3 Å². The number of rotatable bonds is 0. The van der Waals surface area contributed by atoms with Crippen LogP contribution in [0.2, 0.25) is 0 Å². The number of nitrogens with one attached hydrogen (secondary N) is 1. The first kappa shape index (κ1) is 9.70. The molecule has 0 spiro atoms. The third-order valence-corrected chi connectivity index (χ3v) is 3.53. The molecule has 1 N–H and O–H groups in total. The van der Waals surface area contributed by atoms with Crippen LogP contribution in [0.25, 0.3) is 0 Å². The van der Waals surface area contributed by atoms with Crippen LogP contribution in [0.3, 0.4) is 0 Å². The lowest BCUT2D eigenvalue weighted by Gasteiger charge is -2.25. The summed E-state index contributed by atoms with van der Waals surface area (Å²) in [6.45, 7) is 3.17. The van der Waals surface area contributed by atoms with E-state index in [4.69, 9.17) is 0 Å². The van der Waals surface area contributed by atoms with Crippen molar-refractivity contribution in [3.8, 4) is 0 Å². The Hall–Kier alpha value is -1.51. The van der Waals surface area contributed by atoms with Gasteiger partial charge in [0.15, 0.2) is 0 Å². The van der Waals surface area contributed by atoms with Crippen molar-refractivity contribution < 1.29 is 4.79 Å². The maximum Gasteiger partial charge on any atom is 0.226 e. The number of carbonyl (C=O) groups is 1. The molecule has 1 saturated heterocycles. The van der Waals surface area contributed by atoms with Gasteiger partial charge in [0.05, 0.1) is 11.4 Å². The zero-order chi connectivity index (χ0) is 11.1. The average Bonchev–Trinajstić information content (AvgIpc) is 2.64. The molecule has 0 saturated carbocycles. The molecule has 2 heterocycles. The van der Waals surface area contributed by atoms with Crippen LogP contribution in [0.5, 0.6) is 0 Å². The van der Waals surface area contributed by atoms with Crippen molar-refractivity contribution in [3.63, 3.8) is 0 Å². The number of amides is 1. The van der Waals surface area contributed by atoms with Crippen LogP contribution in [0, 0.1) is 6.92 Å². The number of fused-ring (bicyclic) bond motifs is 3. The fourth-order valence-corrected chi connectivity index (χ4v) is 2.77. The second kappa shape index (κ2) is 3.51. The van der Waals surface area contributed by atoms with Gasteiger partial charge >= 0.3 is 0 Å². The summed E-state index contributed by atoms with van der Waals surface area (Å²) in [5, 5.41) is 3.00. The lowest BCUT2D eigenvalue weighted by atomic mass is 10.1. The molecule has 1 atom stereocenters. The SMILES string of the molecule is Cc1ccc2c(c1)N1CCCC1CC(=O)N2. The molecule has 3 heteroatoms. The normalized spacial score (nSPS) is 23.4. The van der Waals surface area contributed by atoms with Crippen molar-refractivity contribution in [2.24, 2.45) is 0 Å². The van der Waals surface area contributed by atoms with Gasteiger partial charge in [0.1, 0.15) is 0 Å². The van der Waals surface area contributed by atoms with Crippen LogP contribution >= 0.6 is 0 Å². The Morgan fingerprint density at radius 1 is 1.44 bits per heavy atom. The quantitative estimate of drug-likeness (QED) is 0.721. The predicted octanol–water partition coefficient (Wildman–Crippen LogP) is 2.31. The molecule has 2 aliphatic rings. The van der Waals surface area contributed by atoms with E-state index in [0.29, 0.717) is 12.5 Å². The lowest BCUT2D eigenvalue weighted by molar-refractivity contribution is -0.116. The minimum absolute atomic E-state index is 0.152. The van der Waals surface area contributed by atoms with Crippen molar-refractivity contribution in [1.29, 1.82) is 0 Å². The Balaban J connectivity index is 2.10. The van der Waals surface area contributed by atoms with Crippen LogP contribution in [-0.4, -0.2) is 18.5 Å². The highest BCUT2D eigenvalue weighted by Crippen LogP contribution is 2.36. The van der Waals surface area contributed by atoms with Crippen LogP contribution in [0.15, 0.2) is 18.2 Å². The molecule has 1 fully saturated rings. The molecule has 1 amide bonds. The number of carbonyl (C=O) groups excluding carboxylic acids is 1. The molecule has 0 aliphatic carbocycles. The van der Waals surface area contributed by atoms with E-state index < -0.39 is 0 Å². The summed E-state index contributed by atoms with van der Waals surface area (Å²) < 4.78 is 0. The lowest BCUT2D eigenvalue weighted by Crippen LogP contribution is -2.29. The molecule has 0 radical (unpaired) electrons. The summed E-state index contributed by atoms with van der Waals surface area (Å²) in [7, 11) is 0. The minimum atomic E-state index is 0.152. The molecule has 3 nitrogen and oxygen atoms in total. The summed E-state index contributed by atoms with van der Waals surface area (Å²) in [4.78, 5) is 14.1. The van der Waals surface area contributed by atoms with E-state index in [-0.39, 0.29) is 5.91 Å². The monoisotopic (exact) mass is 216 g/mol. The smallest absolute Gasteiger partial charge is 0.226 e. The second-order valence-electron chi connectivity index (χ2n) is 4.76. The van der Waals surface area contributed by atoms with E-state index in [1.807, 2.05) is 6.07 Å². The Morgan fingerprint density at radius 2 is 2.31 bits per heavy atom. The number of anilines is 2. The van der Waals surface area contributed by atoms with Crippen molar-refractivity contribution >= 4 is 17.3 Å². The Kier molecular flexibility index (Phi) is 2.13. The average molecular weight is 216 g/mol. The maximum absolute atomic E-state index is 11.7. The summed E-state index contributed by atoms with van der Waals surface area (Å²) in [5.74, 6) is 0.152. The molecule has 1 aromatic carbocycles. The van der Waals surface area contributed by atoms with E-state index in [2.05, 4.69) is 29.3 Å². The van der Waals surface area contributed by atoms with E-state index in [9.17, 15) is 4.79 Å². The van der Waals surface area contributed by atoms with Crippen molar-refractivity contribution in [2.45, 2.75) is 32.2 Å². The van der Waals surface area contributed by atoms with Crippen LogP contribution in [0.4, 0.5) is 11.4 Å². The van der Waals surface area contributed by atoms with E-state index in [0.717, 1.165) is 18.7 Å². The van der Waals surface area contributed by atoms with Gasteiger partial charge in [-0.2, -0.15) is 0 Å². The van der Waals surface area contributed by atoms with E-state index in [1.54, 1.807) is 0 Å². The molecule has 1 aromatic rings. The maximum atomic E-state index is 11.7. The van der Waals surface area contributed by atoms with Gasteiger partial charge in [-0.15, -0.1) is 0 Å². The van der Waals surface area contributed by atoms with Crippen LogP contribution in [0.1, 0.15) is 24.8 Å². The van der Waals surface area contributed by atoms with Crippen molar-refractivity contribution in [2.75, 3.05) is 16.8 Å². The fraction of sp³-hybridized carbons (Fsp3) is 0.462. The van der Waals surface area contributed by atoms with Crippen LogP contribution in [-0.2, 0) is 4.79 Å².